The Labute approximate surface area is 104 Å². The zero-order valence-electron chi connectivity index (χ0n) is 8.94. The van der Waals surface area contributed by atoms with Crippen molar-refractivity contribution in [1.82, 2.24) is 0 Å². The molecule has 0 saturated carbocycles. The Bertz CT molecular complexity index is 531. The number of hydrogen-bond acceptors (Lipinski definition) is 4. The molecule has 0 saturated heterocycles. The van der Waals surface area contributed by atoms with E-state index >= 15 is 0 Å². The fourth-order valence-electron chi connectivity index (χ4n) is 1.13. The van der Waals surface area contributed by atoms with Crippen LogP contribution in [0.1, 0.15) is 0 Å². The molecule has 0 aliphatic carbocycles. The number of thiocarbonyl (C=S) groups is 1. The van der Waals surface area contributed by atoms with Crippen LogP contribution in [0.5, 0.6) is 5.75 Å². The molecule has 1 aromatic carbocycles. The van der Waals surface area contributed by atoms with Crippen LogP contribution in [-0.2, 0) is 10.0 Å². The van der Waals surface area contributed by atoms with E-state index in [1.807, 2.05) is 0 Å². The Morgan fingerprint density at radius 1 is 1.59 bits per heavy atom. The highest BCUT2D eigenvalue weighted by molar-refractivity contribution is 7.95. The number of methoxy groups -OCH3 is 1. The summed E-state index contributed by atoms with van der Waals surface area (Å²) in [4.78, 5) is -0.161. The van der Waals surface area contributed by atoms with Crippen LogP contribution in [0, 0.1) is 5.82 Å². The van der Waals surface area contributed by atoms with Gasteiger partial charge in [0.25, 0.3) is 0 Å². The quantitative estimate of drug-likeness (QED) is 0.781. The molecular formula is C9H11FN2O3S2. The van der Waals surface area contributed by atoms with E-state index in [0.29, 0.717) is 0 Å². The van der Waals surface area contributed by atoms with Crippen molar-refractivity contribution >= 4 is 32.9 Å². The Kier molecular flexibility index (Phi) is 4.24. The molecule has 0 radical (unpaired) electrons. The molecule has 0 unspecified atom stereocenters. The third kappa shape index (κ3) is 4.16. The summed E-state index contributed by atoms with van der Waals surface area (Å²) in [5.74, 6) is -1.12. The molecule has 1 aromatic rings. The minimum Gasteiger partial charge on any atom is -0.494 e. The van der Waals surface area contributed by atoms with Gasteiger partial charge in [-0.25, -0.2) is 12.8 Å². The smallest absolute Gasteiger partial charge is 0.239 e. The van der Waals surface area contributed by atoms with Gasteiger partial charge in [0.2, 0.25) is 10.0 Å². The zero-order chi connectivity index (χ0) is 13.1. The van der Waals surface area contributed by atoms with Gasteiger partial charge in [-0.05, 0) is 12.1 Å². The van der Waals surface area contributed by atoms with Gasteiger partial charge in [0.05, 0.1) is 17.8 Å². The molecular weight excluding hydrogens is 267 g/mol. The molecule has 0 amide bonds. The van der Waals surface area contributed by atoms with E-state index in [0.717, 1.165) is 6.07 Å². The van der Waals surface area contributed by atoms with Gasteiger partial charge in [0.1, 0.15) is 5.75 Å². The fourth-order valence-corrected chi connectivity index (χ4v) is 2.53. The Morgan fingerprint density at radius 2 is 2.24 bits per heavy atom. The average Bonchev–Trinajstić information content (AvgIpc) is 2.14. The van der Waals surface area contributed by atoms with E-state index < -0.39 is 21.6 Å². The minimum atomic E-state index is -3.69. The fraction of sp³-hybridized carbons (Fsp3) is 0.222. The van der Waals surface area contributed by atoms with Crippen molar-refractivity contribution in [3.05, 3.63) is 24.0 Å². The third-order valence-corrected chi connectivity index (χ3v) is 3.32. The Hall–Kier alpha value is -1.41. The number of hydrogen-bond donors (Lipinski definition) is 2. The maximum Gasteiger partial charge on any atom is 0.239 e. The molecule has 5 nitrogen and oxygen atoms in total. The molecule has 3 N–H and O–H groups in total. The lowest BCUT2D eigenvalue weighted by Gasteiger charge is -2.08. The maximum atomic E-state index is 13.3. The minimum absolute atomic E-state index is 0.0299. The topological polar surface area (TPSA) is 81.4 Å². The lowest BCUT2D eigenvalue weighted by Crippen LogP contribution is -2.26. The molecule has 0 spiro atoms. The second-order valence-corrected chi connectivity index (χ2v) is 5.42. The van der Waals surface area contributed by atoms with Gasteiger partial charge in [-0.2, -0.15) is 0 Å². The SMILES string of the molecule is COc1ccc(NS(=O)(=O)CC(N)=S)cc1F. The van der Waals surface area contributed by atoms with Gasteiger partial charge in [0, 0.05) is 6.07 Å². The van der Waals surface area contributed by atoms with E-state index in [9.17, 15) is 12.8 Å². The average molecular weight is 278 g/mol. The van der Waals surface area contributed by atoms with Crippen LogP contribution in [0.15, 0.2) is 18.2 Å². The molecule has 0 atom stereocenters. The van der Waals surface area contributed by atoms with Gasteiger partial charge < -0.3 is 10.5 Å². The number of ether oxygens (including phenoxy) is 1. The van der Waals surface area contributed by atoms with Crippen molar-refractivity contribution in [2.45, 2.75) is 0 Å². The third-order valence-electron chi connectivity index (χ3n) is 1.76. The van der Waals surface area contributed by atoms with Crippen LogP contribution in [0.3, 0.4) is 0 Å². The lowest BCUT2D eigenvalue weighted by molar-refractivity contribution is 0.387. The number of anilines is 1. The Morgan fingerprint density at radius 3 is 2.71 bits per heavy atom. The molecule has 0 aliphatic rings. The highest BCUT2D eigenvalue weighted by atomic mass is 32.2. The summed E-state index contributed by atoms with van der Waals surface area (Å²) in [6.07, 6.45) is 0. The van der Waals surface area contributed by atoms with Crippen LogP contribution in [0.25, 0.3) is 0 Å². The molecule has 94 valence electrons. The zero-order valence-corrected chi connectivity index (χ0v) is 10.6. The number of nitrogens with two attached hydrogens (primary N) is 1. The predicted molar refractivity (Wildman–Crippen MR) is 67.1 cm³/mol. The van der Waals surface area contributed by atoms with Crippen molar-refractivity contribution in [2.75, 3.05) is 17.6 Å². The molecule has 0 aliphatic heterocycles. The number of rotatable bonds is 5. The van der Waals surface area contributed by atoms with Crippen LogP contribution in [0.2, 0.25) is 0 Å². The van der Waals surface area contributed by atoms with Crippen molar-refractivity contribution in [3.8, 4) is 5.75 Å². The molecule has 0 aromatic heterocycles. The van der Waals surface area contributed by atoms with Gasteiger partial charge in [-0.3, -0.25) is 4.72 Å². The number of nitrogens with one attached hydrogen (secondary N) is 1. The summed E-state index contributed by atoms with van der Waals surface area (Å²) >= 11 is 4.49. The summed E-state index contributed by atoms with van der Waals surface area (Å²) < 4.78 is 43.0. The largest absolute Gasteiger partial charge is 0.494 e. The first-order valence-electron chi connectivity index (χ1n) is 4.46. The summed E-state index contributed by atoms with van der Waals surface area (Å²) in [5.41, 5.74) is 5.21. The van der Waals surface area contributed by atoms with Gasteiger partial charge in [0.15, 0.2) is 11.6 Å². The van der Waals surface area contributed by atoms with Crippen LogP contribution in [-0.4, -0.2) is 26.3 Å². The number of sulfonamides is 1. The first-order valence-corrected chi connectivity index (χ1v) is 6.52. The Balaban J connectivity index is 2.89. The highest BCUT2D eigenvalue weighted by Gasteiger charge is 2.13. The molecule has 0 heterocycles. The van der Waals surface area contributed by atoms with E-state index in [1.54, 1.807) is 0 Å². The molecule has 0 fully saturated rings. The molecule has 17 heavy (non-hydrogen) atoms. The molecule has 0 bridgehead atoms. The monoisotopic (exact) mass is 278 g/mol. The lowest BCUT2D eigenvalue weighted by atomic mass is 10.3. The van der Waals surface area contributed by atoms with Crippen LogP contribution < -0.4 is 15.2 Å². The van der Waals surface area contributed by atoms with E-state index in [-0.39, 0.29) is 16.4 Å². The number of halogens is 1. The summed E-state index contributed by atoms with van der Waals surface area (Å²) in [6, 6.07) is 3.70. The maximum absolute atomic E-state index is 13.3. The first-order chi connectivity index (χ1) is 7.84. The standard InChI is InChI=1S/C9H11FN2O3S2/c1-15-8-3-2-6(4-7(8)10)12-17(13,14)5-9(11)16/h2-4,12H,5H2,1H3,(H2,11,16). The highest BCUT2D eigenvalue weighted by Crippen LogP contribution is 2.21. The van der Waals surface area contributed by atoms with Crippen molar-refractivity contribution in [1.29, 1.82) is 0 Å². The predicted octanol–water partition coefficient (Wildman–Crippen LogP) is 0.862. The second-order valence-electron chi connectivity index (χ2n) is 3.18. The van der Waals surface area contributed by atoms with Gasteiger partial charge in [-0.1, -0.05) is 12.2 Å². The summed E-state index contributed by atoms with van der Waals surface area (Å²) in [7, 11) is -2.38. The van der Waals surface area contributed by atoms with Gasteiger partial charge >= 0.3 is 0 Å². The van der Waals surface area contributed by atoms with Crippen molar-refractivity contribution < 1.29 is 17.5 Å². The van der Waals surface area contributed by atoms with Crippen molar-refractivity contribution in [2.24, 2.45) is 5.73 Å². The first kappa shape index (κ1) is 13.7. The summed E-state index contributed by atoms with van der Waals surface area (Å²) in [6.45, 7) is 0. The molecule has 8 heteroatoms. The number of benzene rings is 1. The van der Waals surface area contributed by atoms with E-state index in [4.69, 9.17) is 10.5 Å². The van der Waals surface area contributed by atoms with Gasteiger partial charge in [-0.15, -0.1) is 0 Å². The van der Waals surface area contributed by atoms with E-state index in [1.165, 1.54) is 19.2 Å². The normalized spacial score (nSPS) is 10.9. The van der Waals surface area contributed by atoms with E-state index in [2.05, 4.69) is 16.9 Å². The van der Waals surface area contributed by atoms with Crippen LogP contribution in [0.4, 0.5) is 10.1 Å². The van der Waals surface area contributed by atoms with Crippen molar-refractivity contribution in [3.63, 3.8) is 0 Å². The molecule has 1 rings (SSSR count). The second kappa shape index (κ2) is 5.28. The van der Waals surface area contributed by atoms with Crippen LogP contribution >= 0.6 is 12.2 Å². The summed E-state index contributed by atoms with van der Waals surface area (Å²) in [5, 5.41) is 0.